The number of nitrogens with one attached hydrogen (secondary N) is 2. The summed E-state index contributed by atoms with van der Waals surface area (Å²) >= 11 is 6.31. The van der Waals surface area contributed by atoms with E-state index >= 15 is 0 Å². The van der Waals surface area contributed by atoms with E-state index in [1.165, 1.54) is 0 Å². The van der Waals surface area contributed by atoms with Crippen molar-refractivity contribution in [1.82, 2.24) is 10.6 Å². The molecule has 27 heavy (non-hydrogen) atoms. The number of nitrogens with zero attached hydrogens (tertiary/aromatic N) is 1. The number of guanidine groups is 1. The molecule has 154 valence electrons. The maximum absolute atomic E-state index is 6.31. The minimum absolute atomic E-state index is 0. The predicted octanol–water partition coefficient (Wildman–Crippen LogP) is 4.22. The maximum atomic E-state index is 6.31. The molecule has 1 aromatic carbocycles. The van der Waals surface area contributed by atoms with Crippen molar-refractivity contribution in [2.24, 2.45) is 10.9 Å². The summed E-state index contributed by atoms with van der Waals surface area (Å²) in [5.41, 5.74) is 1.03. The monoisotopic (exact) mass is 509 g/mol. The average molecular weight is 510 g/mol. The normalized spacial score (nSPS) is 17.8. The summed E-state index contributed by atoms with van der Waals surface area (Å²) < 4.78 is 11.3. The third kappa shape index (κ3) is 6.39. The number of methoxy groups -OCH3 is 1. The second-order valence-corrected chi connectivity index (χ2v) is 7.78. The van der Waals surface area contributed by atoms with Gasteiger partial charge in [0.15, 0.2) is 5.96 Å². The first-order valence-corrected chi connectivity index (χ1v) is 9.68. The molecule has 0 bridgehead atoms. The molecule has 0 aliphatic carbocycles. The molecule has 1 aromatic rings. The fourth-order valence-corrected chi connectivity index (χ4v) is 3.40. The van der Waals surface area contributed by atoms with Crippen LogP contribution in [-0.4, -0.2) is 45.9 Å². The highest BCUT2D eigenvalue weighted by Gasteiger charge is 2.37. The van der Waals surface area contributed by atoms with E-state index in [-0.39, 0.29) is 29.4 Å². The lowest BCUT2D eigenvalue weighted by atomic mass is 9.73. The van der Waals surface area contributed by atoms with E-state index in [2.05, 4.69) is 36.4 Å². The predicted molar refractivity (Wildman–Crippen MR) is 124 cm³/mol. The van der Waals surface area contributed by atoms with E-state index in [0.29, 0.717) is 12.0 Å². The van der Waals surface area contributed by atoms with E-state index in [1.54, 1.807) is 14.2 Å². The van der Waals surface area contributed by atoms with E-state index < -0.39 is 0 Å². The molecular weight excluding hydrogens is 477 g/mol. The van der Waals surface area contributed by atoms with Crippen LogP contribution in [0.3, 0.4) is 0 Å². The van der Waals surface area contributed by atoms with Crippen LogP contribution >= 0.6 is 35.6 Å². The van der Waals surface area contributed by atoms with Crippen molar-refractivity contribution in [2.75, 3.05) is 33.9 Å². The Morgan fingerprint density at radius 1 is 1.30 bits per heavy atom. The number of hydrogen-bond donors (Lipinski definition) is 2. The lowest BCUT2D eigenvalue weighted by Gasteiger charge is -2.39. The third-order valence-electron chi connectivity index (χ3n) is 5.36. The van der Waals surface area contributed by atoms with Gasteiger partial charge in [-0.25, -0.2) is 0 Å². The van der Waals surface area contributed by atoms with Gasteiger partial charge in [-0.2, -0.15) is 0 Å². The third-order valence-corrected chi connectivity index (χ3v) is 5.60. The van der Waals surface area contributed by atoms with Crippen molar-refractivity contribution < 1.29 is 9.47 Å². The summed E-state index contributed by atoms with van der Waals surface area (Å²) in [6.07, 6.45) is 1.82. The number of halogens is 2. The fraction of sp³-hybridized carbons (Fsp3) is 0.650. The van der Waals surface area contributed by atoms with Crippen molar-refractivity contribution in [3.05, 3.63) is 28.8 Å². The number of benzene rings is 1. The number of aliphatic imine (C=N–C) groups is 1. The highest BCUT2D eigenvalue weighted by atomic mass is 127. The van der Waals surface area contributed by atoms with Crippen molar-refractivity contribution in [3.8, 4) is 5.75 Å². The maximum Gasteiger partial charge on any atom is 0.191 e. The molecule has 1 aliphatic rings. The quantitative estimate of drug-likeness (QED) is 0.342. The molecule has 1 saturated heterocycles. The average Bonchev–Trinajstić information content (AvgIpc) is 2.65. The Bertz CT molecular complexity index is 619. The molecule has 2 rings (SSSR count). The van der Waals surface area contributed by atoms with E-state index in [9.17, 15) is 0 Å². The zero-order chi connectivity index (χ0) is 19.2. The Hall–Kier alpha value is -0.730. The molecule has 0 aromatic heterocycles. The highest BCUT2D eigenvalue weighted by Crippen LogP contribution is 2.40. The molecule has 5 nitrogen and oxygen atoms in total. The first-order valence-electron chi connectivity index (χ1n) is 9.31. The molecule has 1 atom stereocenters. The van der Waals surface area contributed by atoms with Gasteiger partial charge in [0, 0.05) is 48.8 Å². The highest BCUT2D eigenvalue weighted by molar-refractivity contribution is 14.0. The summed E-state index contributed by atoms with van der Waals surface area (Å²) in [7, 11) is 3.51. The molecule has 2 N–H and O–H groups in total. The Morgan fingerprint density at radius 2 is 1.96 bits per heavy atom. The van der Waals surface area contributed by atoms with E-state index in [1.807, 2.05) is 18.2 Å². The second-order valence-electron chi connectivity index (χ2n) is 7.34. The van der Waals surface area contributed by atoms with Gasteiger partial charge in [-0.3, -0.25) is 4.99 Å². The van der Waals surface area contributed by atoms with Gasteiger partial charge in [-0.05, 0) is 43.9 Å². The lowest BCUT2D eigenvalue weighted by Crippen LogP contribution is -2.50. The summed E-state index contributed by atoms with van der Waals surface area (Å²) in [5, 5.41) is 7.71. The van der Waals surface area contributed by atoms with Gasteiger partial charge in [-0.15, -0.1) is 24.0 Å². The van der Waals surface area contributed by atoms with Crippen molar-refractivity contribution in [3.63, 3.8) is 0 Å². The van der Waals surface area contributed by atoms with Gasteiger partial charge >= 0.3 is 0 Å². The van der Waals surface area contributed by atoms with Crippen molar-refractivity contribution >= 4 is 41.5 Å². The minimum Gasteiger partial charge on any atom is -0.496 e. The molecule has 1 unspecified atom stereocenters. The van der Waals surface area contributed by atoms with Crippen molar-refractivity contribution in [2.45, 2.75) is 45.1 Å². The number of rotatable bonds is 6. The molecule has 1 fully saturated rings. The zero-order valence-electron chi connectivity index (χ0n) is 17.0. The Balaban J connectivity index is 0.00000364. The number of hydrogen-bond acceptors (Lipinski definition) is 3. The summed E-state index contributed by atoms with van der Waals surface area (Å²) in [4.78, 5) is 4.39. The SMILES string of the molecule is CN=C(NCC1(c2cc(Cl)ccc2OC)CCOCC1)NC(C)C(C)C.I. The molecule has 1 heterocycles. The first-order chi connectivity index (χ1) is 12.4. The number of ether oxygens (including phenoxy) is 2. The van der Waals surface area contributed by atoms with Gasteiger partial charge in [0.25, 0.3) is 0 Å². The Labute approximate surface area is 185 Å². The Morgan fingerprint density at radius 3 is 2.52 bits per heavy atom. The summed E-state index contributed by atoms with van der Waals surface area (Å²) in [6.45, 7) is 8.76. The summed E-state index contributed by atoms with van der Waals surface area (Å²) in [5.74, 6) is 2.22. The van der Waals surface area contributed by atoms with Crippen LogP contribution in [0.1, 0.15) is 39.2 Å². The van der Waals surface area contributed by atoms with Crippen LogP contribution in [0.4, 0.5) is 0 Å². The van der Waals surface area contributed by atoms with Crippen LogP contribution in [0.25, 0.3) is 0 Å². The zero-order valence-corrected chi connectivity index (χ0v) is 20.1. The molecule has 0 radical (unpaired) electrons. The molecule has 0 spiro atoms. The van der Waals surface area contributed by atoms with Gasteiger partial charge in [0.2, 0.25) is 0 Å². The van der Waals surface area contributed by atoms with Crippen LogP contribution in [-0.2, 0) is 10.2 Å². The molecule has 1 aliphatic heterocycles. The summed E-state index contributed by atoms with van der Waals surface area (Å²) in [6, 6.07) is 6.19. The second kappa shape index (κ2) is 11.3. The van der Waals surface area contributed by atoms with E-state index in [4.69, 9.17) is 21.1 Å². The van der Waals surface area contributed by atoms with Crippen LogP contribution in [0, 0.1) is 5.92 Å². The van der Waals surface area contributed by atoms with E-state index in [0.717, 1.165) is 54.9 Å². The van der Waals surface area contributed by atoms with Crippen LogP contribution in [0.2, 0.25) is 5.02 Å². The minimum atomic E-state index is -0.104. The van der Waals surface area contributed by atoms with Crippen molar-refractivity contribution in [1.29, 1.82) is 0 Å². The van der Waals surface area contributed by atoms with Gasteiger partial charge in [0.05, 0.1) is 7.11 Å². The fourth-order valence-electron chi connectivity index (χ4n) is 3.23. The van der Waals surface area contributed by atoms with Gasteiger partial charge in [0.1, 0.15) is 5.75 Å². The van der Waals surface area contributed by atoms with Gasteiger partial charge < -0.3 is 20.1 Å². The van der Waals surface area contributed by atoms with Crippen LogP contribution in [0.5, 0.6) is 5.75 Å². The molecule has 0 saturated carbocycles. The standard InChI is InChI=1S/C20H32ClN3O2.HI/c1-14(2)15(3)24-19(22-4)23-13-20(8-10-26-11-9-20)17-12-16(21)6-7-18(17)25-5;/h6-7,12,14-15H,8-11,13H2,1-5H3,(H2,22,23,24);1H. The first kappa shape index (κ1) is 24.3. The lowest BCUT2D eigenvalue weighted by molar-refractivity contribution is 0.0505. The van der Waals surface area contributed by atoms with Crippen LogP contribution in [0.15, 0.2) is 23.2 Å². The molecule has 0 amide bonds. The topological polar surface area (TPSA) is 54.9 Å². The molecular formula is C20H33ClIN3O2. The largest absolute Gasteiger partial charge is 0.496 e. The van der Waals surface area contributed by atoms with Crippen LogP contribution < -0.4 is 15.4 Å². The van der Waals surface area contributed by atoms with Gasteiger partial charge in [-0.1, -0.05) is 25.4 Å². The molecule has 7 heteroatoms. The Kier molecular flexibility index (Phi) is 10.2. The smallest absolute Gasteiger partial charge is 0.191 e.